The molecule has 142 valence electrons. The van der Waals surface area contributed by atoms with Crippen LogP contribution in [0.25, 0.3) is 11.6 Å². The van der Waals surface area contributed by atoms with Crippen molar-refractivity contribution in [3.63, 3.8) is 0 Å². The first-order valence-corrected chi connectivity index (χ1v) is 9.73. The summed E-state index contributed by atoms with van der Waals surface area (Å²) in [4.78, 5) is 13.3. The Morgan fingerprint density at radius 2 is 1.85 bits per heavy atom. The van der Waals surface area contributed by atoms with Gasteiger partial charge in [-0.1, -0.05) is 45.6 Å². The SMILES string of the molecule is C=Cc1c(CC)cc(C(=C/N(C)C)/C(C)=C(/C)C=O)cc1C1CC1.CC. The van der Waals surface area contributed by atoms with Crippen molar-refractivity contribution >= 4 is 17.9 Å². The minimum Gasteiger partial charge on any atom is -0.383 e. The van der Waals surface area contributed by atoms with E-state index in [2.05, 4.69) is 31.8 Å². The predicted molar refractivity (Wildman–Crippen MR) is 115 cm³/mol. The Hall–Kier alpha value is -2.09. The molecular formula is C24H35NO. The number of hydrogen-bond donors (Lipinski definition) is 0. The summed E-state index contributed by atoms with van der Waals surface area (Å²) in [5.41, 5.74) is 8.20. The summed E-state index contributed by atoms with van der Waals surface area (Å²) >= 11 is 0. The molecule has 1 saturated carbocycles. The Kier molecular flexibility index (Phi) is 8.57. The van der Waals surface area contributed by atoms with Crippen molar-refractivity contribution < 1.29 is 4.79 Å². The van der Waals surface area contributed by atoms with E-state index >= 15 is 0 Å². The molecule has 0 atom stereocenters. The van der Waals surface area contributed by atoms with E-state index in [-0.39, 0.29) is 0 Å². The van der Waals surface area contributed by atoms with Crippen molar-refractivity contribution in [2.24, 2.45) is 0 Å². The molecule has 0 aliphatic heterocycles. The van der Waals surface area contributed by atoms with Gasteiger partial charge in [-0.3, -0.25) is 4.79 Å². The first-order valence-electron chi connectivity index (χ1n) is 9.73. The summed E-state index contributed by atoms with van der Waals surface area (Å²) in [6.45, 7) is 14.1. The highest BCUT2D eigenvalue weighted by molar-refractivity contribution is 5.87. The van der Waals surface area contributed by atoms with Crippen molar-refractivity contribution in [3.05, 3.63) is 58.3 Å². The zero-order chi connectivity index (χ0) is 19.9. The number of rotatable bonds is 7. The van der Waals surface area contributed by atoms with Crippen LogP contribution in [0.2, 0.25) is 0 Å². The van der Waals surface area contributed by atoms with Crippen LogP contribution in [0, 0.1) is 0 Å². The van der Waals surface area contributed by atoms with Gasteiger partial charge in [-0.05, 0) is 72.4 Å². The number of nitrogens with zero attached hydrogens (tertiary/aromatic N) is 1. The zero-order valence-corrected chi connectivity index (χ0v) is 17.6. The molecule has 0 heterocycles. The Bertz CT molecular complexity index is 703. The molecule has 1 aromatic rings. The van der Waals surface area contributed by atoms with Crippen LogP contribution >= 0.6 is 0 Å². The van der Waals surface area contributed by atoms with Crippen LogP contribution in [-0.4, -0.2) is 25.3 Å². The van der Waals surface area contributed by atoms with Crippen LogP contribution in [0.5, 0.6) is 0 Å². The molecule has 0 unspecified atom stereocenters. The van der Waals surface area contributed by atoms with Crippen molar-refractivity contribution in [2.75, 3.05) is 14.1 Å². The van der Waals surface area contributed by atoms with Gasteiger partial charge in [0.25, 0.3) is 0 Å². The van der Waals surface area contributed by atoms with Gasteiger partial charge in [-0.15, -0.1) is 0 Å². The van der Waals surface area contributed by atoms with E-state index in [0.717, 1.165) is 29.4 Å². The summed E-state index contributed by atoms with van der Waals surface area (Å²) in [5.74, 6) is 0.667. The molecular weight excluding hydrogens is 318 g/mol. The van der Waals surface area contributed by atoms with Gasteiger partial charge in [0.15, 0.2) is 0 Å². The van der Waals surface area contributed by atoms with Gasteiger partial charge in [0.2, 0.25) is 0 Å². The number of hydrogen-bond acceptors (Lipinski definition) is 2. The van der Waals surface area contributed by atoms with E-state index < -0.39 is 0 Å². The molecule has 1 aliphatic rings. The summed E-state index contributed by atoms with van der Waals surface area (Å²) in [5, 5.41) is 0. The minimum atomic E-state index is 0.667. The average molecular weight is 354 g/mol. The van der Waals surface area contributed by atoms with E-state index in [4.69, 9.17) is 0 Å². The lowest BCUT2D eigenvalue weighted by molar-refractivity contribution is -0.104. The van der Waals surface area contributed by atoms with E-state index in [0.29, 0.717) is 5.92 Å². The molecule has 0 aromatic heterocycles. The minimum absolute atomic E-state index is 0.667. The molecule has 0 spiro atoms. The highest BCUT2D eigenvalue weighted by atomic mass is 16.1. The largest absolute Gasteiger partial charge is 0.383 e. The summed E-state index contributed by atoms with van der Waals surface area (Å²) in [6.07, 6.45) is 8.58. The second-order valence-electron chi connectivity index (χ2n) is 6.90. The predicted octanol–water partition coefficient (Wildman–Crippen LogP) is 6.23. The van der Waals surface area contributed by atoms with Crippen LogP contribution in [-0.2, 0) is 11.2 Å². The average Bonchev–Trinajstić information content (AvgIpc) is 3.50. The number of carbonyl (C=O) groups excluding carboxylic acids is 1. The van der Waals surface area contributed by atoms with Crippen LogP contribution in [0.15, 0.2) is 36.1 Å². The highest BCUT2D eigenvalue weighted by Crippen LogP contribution is 2.44. The van der Waals surface area contributed by atoms with Gasteiger partial charge < -0.3 is 4.90 Å². The van der Waals surface area contributed by atoms with Gasteiger partial charge in [0.1, 0.15) is 6.29 Å². The van der Waals surface area contributed by atoms with Gasteiger partial charge in [-0.25, -0.2) is 0 Å². The first kappa shape index (κ1) is 22.0. The van der Waals surface area contributed by atoms with Gasteiger partial charge in [0, 0.05) is 25.9 Å². The van der Waals surface area contributed by atoms with Gasteiger partial charge in [0.05, 0.1) is 0 Å². The quantitative estimate of drug-likeness (QED) is 0.329. The molecule has 2 heteroatoms. The lowest BCUT2D eigenvalue weighted by Gasteiger charge is -2.19. The van der Waals surface area contributed by atoms with Crippen molar-refractivity contribution in [2.45, 2.75) is 59.8 Å². The van der Waals surface area contributed by atoms with Crippen molar-refractivity contribution in [1.29, 1.82) is 0 Å². The van der Waals surface area contributed by atoms with Gasteiger partial charge >= 0.3 is 0 Å². The number of benzene rings is 1. The second-order valence-corrected chi connectivity index (χ2v) is 6.90. The molecule has 2 rings (SSSR count). The molecule has 2 nitrogen and oxygen atoms in total. The molecule has 0 amide bonds. The number of aldehydes is 1. The maximum Gasteiger partial charge on any atom is 0.146 e. The third-order valence-electron chi connectivity index (χ3n) is 4.77. The normalized spacial score (nSPS) is 14.8. The molecule has 0 saturated heterocycles. The molecule has 0 radical (unpaired) electrons. The van der Waals surface area contributed by atoms with Crippen LogP contribution in [0.1, 0.15) is 75.6 Å². The molecule has 1 fully saturated rings. The fourth-order valence-corrected chi connectivity index (χ4v) is 3.11. The molecule has 26 heavy (non-hydrogen) atoms. The fourth-order valence-electron chi connectivity index (χ4n) is 3.11. The number of allylic oxidation sites excluding steroid dienone is 3. The molecule has 1 aliphatic carbocycles. The lowest BCUT2D eigenvalue weighted by Crippen LogP contribution is -2.06. The highest BCUT2D eigenvalue weighted by Gasteiger charge is 2.27. The Balaban J connectivity index is 0.00000163. The maximum atomic E-state index is 11.3. The smallest absolute Gasteiger partial charge is 0.146 e. The van der Waals surface area contributed by atoms with Crippen molar-refractivity contribution in [3.8, 4) is 0 Å². The Morgan fingerprint density at radius 1 is 1.23 bits per heavy atom. The lowest BCUT2D eigenvalue weighted by atomic mass is 9.88. The van der Waals surface area contributed by atoms with Crippen LogP contribution in [0.3, 0.4) is 0 Å². The topological polar surface area (TPSA) is 20.3 Å². The molecule has 1 aromatic carbocycles. The fraction of sp³-hybridized carbons (Fsp3) is 0.458. The standard InChI is InChI=1S/C22H29NO.C2H6/c1-7-17-11-19(12-21(18-9-10-18)20(17)8-2)22(13-23(5)6)16(4)15(3)14-24;1-2/h8,11-14,18H,2,7,9-10H2,1,3-6H3;1-2H3/b16-15-,22-13+;. The molecule has 0 bridgehead atoms. The van der Waals surface area contributed by atoms with E-state index in [1.54, 1.807) is 0 Å². The summed E-state index contributed by atoms with van der Waals surface area (Å²) in [7, 11) is 4.04. The van der Waals surface area contributed by atoms with E-state index in [9.17, 15) is 4.79 Å². The monoisotopic (exact) mass is 353 g/mol. The second kappa shape index (κ2) is 10.2. The number of aryl methyl sites for hydroxylation is 1. The summed E-state index contributed by atoms with van der Waals surface area (Å²) in [6, 6.07) is 4.57. The summed E-state index contributed by atoms with van der Waals surface area (Å²) < 4.78 is 0. The van der Waals surface area contributed by atoms with E-state index in [1.165, 1.54) is 35.1 Å². The van der Waals surface area contributed by atoms with Crippen molar-refractivity contribution in [1.82, 2.24) is 4.90 Å². The zero-order valence-electron chi connectivity index (χ0n) is 17.6. The van der Waals surface area contributed by atoms with Gasteiger partial charge in [-0.2, -0.15) is 0 Å². The third kappa shape index (κ3) is 5.20. The molecule has 0 N–H and O–H groups in total. The Morgan fingerprint density at radius 3 is 2.27 bits per heavy atom. The Labute approximate surface area is 160 Å². The van der Waals surface area contributed by atoms with Crippen LogP contribution < -0.4 is 0 Å². The first-order chi connectivity index (χ1) is 12.4. The number of carbonyl (C=O) groups is 1. The third-order valence-corrected chi connectivity index (χ3v) is 4.77. The van der Waals surface area contributed by atoms with Crippen LogP contribution in [0.4, 0.5) is 0 Å². The van der Waals surface area contributed by atoms with E-state index in [1.807, 2.05) is 52.8 Å². The maximum absolute atomic E-state index is 11.3.